The highest BCUT2D eigenvalue weighted by molar-refractivity contribution is 6.32. The van der Waals surface area contributed by atoms with Crippen LogP contribution in [-0.2, 0) is 4.79 Å². The number of pyridine rings is 1. The van der Waals surface area contributed by atoms with Crippen LogP contribution in [0.2, 0.25) is 5.15 Å². The zero-order valence-electron chi connectivity index (χ0n) is 13.9. The zero-order chi connectivity index (χ0) is 18.2. The van der Waals surface area contributed by atoms with E-state index in [0.717, 1.165) is 12.8 Å². The molecule has 1 aliphatic heterocycles. The molecule has 0 aromatic carbocycles. The van der Waals surface area contributed by atoms with E-state index in [2.05, 4.69) is 16.4 Å². The number of nitrogens with two attached hydrogens (primary N) is 1. The summed E-state index contributed by atoms with van der Waals surface area (Å²) in [6.07, 6.45) is 5.07. The Morgan fingerprint density at radius 3 is 3.04 bits per heavy atom. The van der Waals surface area contributed by atoms with Gasteiger partial charge in [0.15, 0.2) is 0 Å². The third kappa shape index (κ3) is 5.15. The van der Waals surface area contributed by atoms with Crippen molar-refractivity contribution >= 4 is 23.4 Å². The summed E-state index contributed by atoms with van der Waals surface area (Å²) in [6.45, 7) is 0.966. The third-order valence-corrected chi connectivity index (χ3v) is 4.53. The van der Waals surface area contributed by atoms with E-state index in [1.807, 2.05) is 0 Å². The second kappa shape index (κ2) is 9.35. The molecule has 2 rings (SSSR count). The van der Waals surface area contributed by atoms with Crippen molar-refractivity contribution in [3.05, 3.63) is 29.0 Å². The van der Waals surface area contributed by atoms with Gasteiger partial charge in [-0.1, -0.05) is 11.6 Å². The van der Waals surface area contributed by atoms with Gasteiger partial charge in [0.25, 0.3) is 5.91 Å². The Bertz CT molecular complexity index is 661. The molecule has 1 saturated heterocycles. The van der Waals surface area contributed by atoms with Crippen LogP contribution in [0, 0.1) is 11.3 Å². The van der Waals surface area contributed by atoms with Crippen LogP contribution in [0.15, 0.2) is 18.3 Å². The fraction of sp³-hybridized carbons (Fsp3) is 0.529. The van der Waals surface area contributed by atoms with Crippen molar-refractivity contribution in [3.63, 3.8) is 0 Å². The molecular weight excluding hydrogens is 342 g/mol. The Balaban J connectivity index is 1.76. The topological polar surface area (TPSA) is 112 Å². The highest BCUT2D eigenvalue weighted by Gasteiger charge is 2.29. The Morgan fingerprint density at radius 2 is 2.32 bits per heavy atom. The zero-order valence-corrected chi connectivity index (χ0v) is 14.7. The summed E-state index contributed by atoms with van der Waals surface area (Å²) in [5, 5.41) is 12.0. The smallest absolute Gasteiger partial charge is 0.254 e. The second-order valence-corrected chi connectivity index (χ2v) is 6.38. The molecule has 0 spiro atoms. The monoisotopic (exact) mass is 363 g/mol. The van der Waals surface area contributed by atoms with E-state index < -0.39 is 6.04 Å². The lowest BCUT2D eigenvalue weighted by Crippen LogP contribution is -2.50. The van der Waals surface area contributed by atoms with Crippen LogP contribution in [0.1, 0.15) is 42.5 Å². The Labute approximate surface area is 152 Å². The average Bonchev–Trinajstić information content (AvgIpc) is 2.64. The first kappa shape index (κ1) is 19.2. The van der Waals surface area contributed by atoms with Gasteiger partial charge in [-0.2, -0.15) is 5.26 Å². The third-order valence-electron chi connectivity index (χ3n) is 4.23. The number of nitriles is 1. The molecule has 0 bridgehead atoms. The van der Waals surface area contributed by atoms with Gasteiger partial charge in [-0.3, -0.25) is 9.59 Å². The first-order chi connectivity index (χ1) is 12.0. The summed E-state index contributed by atoms with van der Waals surface area (Å²) < 4.78 is 0. The molecule has 3 N–H and O–H groups in total. The Kier molecular flexibility index (Phi) is 7.16. The molecule has 1 aromatic heterocycles. The summed E-state index contributed by atoms with van der Waals surface area (Å²) in [5.41, 5.74) is 6.29. The minimum atomic E-state index is -0.659. The maximum atomic E-state index is 12.4. The molecule has 2 heterocycles. The van der Waals surface area contributed by atoms with Crippen LogP contribution in [0.5, 0.6) is 0 Å². The van der Waals surface area contributed by atoms with E-state index in [1.54, 1.807) is 17.0 Å². The number of amides is 2. The molecule has 2 unspecified atom stereocenters. The van der Waals surface area contributed by atoms with Gasteiger partial charge in [-0.25, -0.2) is 4.98 Å². The fourth-order valence-corrected chi connectivity index (χ4v) is 3.05. The molecule has 7 nitrogen and oxygen atoms in total. The molecule has 1 fully saturated rings. The van der Waals surface area contributed by atoms with Crippen molar-refractivity contribution in [2.45, 2.75) is 44.2 Å². The van der Waals surface area contributed by atoms with Crippen molar-refractivity contribution in [3.8, 4) is 6.07 Å². The molecular formula is C17H22ClN5O2. The van der Waals surface area contributed by atoms with Crippen molar-refractivity contribution in [2.24, 2.45) is 5.73 Å². The summed E-state index contributed by atoms with van der Waals surface area (Å²) in [6, 6.07) is 4.37. The number of nitrogens with one attached hydrogen (secondary N) is 1. The molecule has 1 aromatic rings. The predicted molar refractivity (Wildman–Crippen MR) is 93.8 cm³/mol. The summed E-state index contributed by atoms with van der Waals surface area (Å²) in [4.78, 5) is 29.8. The maximum absolute atomic E-state index is 12.4. The standard InChI is InChI=1S/C17H22ClN5O2/c18-15-13(6-3-8-21-15)16(24)22-9-4-7-14(20)17(25)23-10-2-1-5-12(23)11-19/h3,6,8,12,14H,1-2,4-5,7,9-10,20H2,(H,22,24). The summed E-state index contributed by atoms with van der Waals surface area (Å²) >= 11 is 5.87. The molecule has 8 heteroatoms. The van der Waals surface area contributed by atoms with Gasteiger partial charge in [0, 0.05) is 19.3 Å². The van der Waals surface area contributed by atoms with Crippen molar-refractivity contribution in [1.29, 1.82) is 5.26 Å². The molecule has 0 saturated carbocycles. The largest absolute Gasteiger partial charge is 0.352 e. The van der Waals surface area contributed by atoms with E-state index in [9.17, 15) is 9.59 Å². The van der Waals surface area contributed by atoms with E-state index in [-0.39, 0.29) is 23.0 Å². The van der Waals surface area contributed by atoms with Gasteiger partial charge in [0.2, 0.25) is 5.91 Å². The lowest BCUT2D eigenvalue weighted by Gasteiger charge is -2.33. The minimum absolute atomic E-state index is 0.152. The van der Waals surface area contributed by atoms with Crippen LogP contribution in [0.25, 0.3) is 0 Å². The fourth-order valence-electron chi connectivity index (χ4n) is 2.84. The number of halogens is 1. The molecule has 134 valence electrons. The van der Waals surface area contributed by atoms with Crippen molar-refractivity contribution in [2.75, 3.05) is 13.1 Å². The number of aromatic nitrogens is 1. The molecule has 2 amide bonds. The van der Waals surface area contributed by atoms with Crippen LogP contribution in [-0.4, -0.2) is 46.9 Å². The van der Waals surface area contributed by atoms with E-state index in [4.69, 9.17) is 22.6 Å². The van der Waals surface area contributed by atoms with Gasteiger partial charge < -0.3 is 16.0 Å². The molecule has 2 atom stereocenters. The van der Waals surface area contributed by atoms with Crippen molar-refractivity contribution < 1.29 is 9.59 Å². The maximum Gasteiger partial charge on any atom is 0.254 e. The average molecular weight is 364 g/mol. The van der Waals surface area contributed by atoms with E-state index in [1.165, 1.54) is 6.20 Å². The number of hydrogen-bond donors (Lipinski definition) is 2. The van der Waals surface area contributed by atoms with Gasteiger partial charge in [-0.05, 0) is 44.2 Å². The summed E-state index contributed by atoms with van der Waals surface area (Å²) in [5.74, 6) is -0.494. The van der Waals surface area contributed by atoms with Crippen LogP contribution in [0.3, 0.4) is 0 Å². The van der Waals surface area contributed by atoms with Gasteiger partial charge in [0.1, 0.15) is 11.2 Å². The van der Waals surface area contributed by atoms with E-state index >= 15 is 0 Å². The number of piperidine rings is 1. The van der Waals surface area contributed by atoms with Crippen LogP contribution >= 0.6 is 11.6 Å². The SMILES string of the molecule is N#CC1CCCCN1C(=O)C(N)CCCNC(=O)c1cccnc1Cl. The molecule has 25 heavy (non-hydrogen) atoms. The Morgan fingerprint density at radius 1 is 1.52 bits per heavy atom. The first-order valence-electron chi connectivity index (χ1n) is 8.39. The second-order valence-electron chi connectivity index (χ2n) is 6.02. The highest BCUT2D eigenvalue weighted by atomic mass is 35.5. The summed E-state index contributed by atoms with van der Waals surface area (Å²) in [7, 11) is 0. The number of nitrogens with zero attached hydrogens (tertiary/aromatic N) is 3. The molecule has 1 aliphatic rings. The number of rotatable bonds is 6. The van der Waals surface area contributed by atoms with E-state index in [0.29, 0.717) is 37.9 Å². The quantitative estimate of drug-likeness (QED) is 0.587. The number of carbonyl (C=O) groups is 2. The number of carbonyl (C=O) groups excluding carboxylic acids is 2. The van der Waals surface area contributed by atoms with Crippen LogP contribution < -0.4 is 11.1 Å². The molecule has 0 aliphatic carbocycles. The molecule has 0 radical (unpaired) electrons. The number of likely N-dealkylation sites (tertiary alicyclic amines) is 1. The first-order valence-corrected chi connectivity index (χ1v) is 8.76. The lowest BCUT2D eigenvalue weighted by molar-refractivity contribution is -0.135. The normalized spacial score (nSPS) is 18.3. The number of hydrogen-bond acceptors (Lipinski definition) is 5. The minimum Gasteiger partial charge on any atom is -0.352 e. The van der Waals surface area contributed by atoms with Gasteiger partial charge in [-0.15, -0.1) is 0 Å². The van der Waals surface area contributed by atoms with Gasteiger partial charge in [0.05, 0.1) is 17.7 Å². The highest BCUT2D eigenvalue weighted by Crippen LogP contribution is 2.18. The van der Waals surface area contributed by atoms with Crippen molar-refractivity contribution in [1.82, 2.24) is 15.2 Å². The van der Waals surface area contributed by atoms with Crippen LogP contribution in [0.4, 0.5) is 0 Å². The predicted octanol–water partition coefficient (Wildman–Crippen LogP) is 1.48. The lowest BCUT2D eigenvalue weighted by atomic mass is 10.0. The van der Waals surface area contributed by atoms with Gasteiger partial charge >= 0.3 is 0 Å². The Hall–Kier alpha value is -2.17.